The van der Waals surface area contributed by atoms with Crippen molar-refractivity contribution >= 4 is 10.8 Å². The van der Waals surface area contributed by atoms with Crippen LogP contribution in [0.4, 0.5) is 0 Å². The molecule has 0 bridgehead atoms. The predicted octanol–water partition coefficient (Wildman–Crippen LogP) is 1.52. The van der Waals surface area contributed by atoms with Crippen molar-refractivity contribution in [2.45, 2.75) is 0 Å². The van der Waals surface area contributed by atoms with Crippen LogP contribution >= 0.6 is 0 Å². The molecule has 2 aromatic rings. The highest BCUT2D eigenvalue weighted by molar-refractivity contribution is 5.80. The average Bonchev–Trinajstić information content (AvgIpc) is 2.39. The molecule has 1 aromatic carbocycles. The highest BCUT2D eigenvalue weighted by Gasteiger charge is 1.91. The second-order valence-corrected chi connectivity index (χ2v) is 2.67. The lowest BCUT2D eigenvalue weighted by Crippen LogP contribution is -1.98. The molecule has 0 amide bonds. The first-order valence-corrected chi connectivity index (χ1v) is 3.93. The normalized spacial score (nSPS) is 11.8. The minimum Gasteiger partial charge on any atom is -0.410 e. The molecule has 64 valence electrons. The molecule has 0 spiro atoms. The Hall–Kier alpha value is -1.90. The minimum absolute atomic E-state index is 0.558. The molecule has 0 aliphatic heterocycles. The van der Waals surface area contributed by atoms with Gasteiger partial charge in [-0.05, 0) is 12.1 Å². The molecular weight excluding hydrogens is 164 g/mol. The fourth-order valence-corrected chi connectivity index (χ4v) is 1.26. The van der Waals surface area contributed by atoms with E-state index in [9.17, 15) is 0 Å². The SMILES string of the molecule is ON=c1ccccc2cnccc12. The Balaban J connectivity index is 3.04. The van der Waals surface area contributed by atoms with Gasteiger partial charge in [-0.1, -0.05) is 23.4 Å². The Morgan fingerprint density at radius 1 is 1.15 bits per heavy atom. The van der Waals surface area contributed by atoms with Gasteiger partial charge in [-0.25, -0.2) is 0 Å². The molecule has 0 aliphatic carbocycles. The average molecular weight is 172 g/mol. The monoisotopic (exact) mass is 172 g/mol. The van der Waals surface area contributed by atoms with Crippen LogP contribution in [0.3, 0.4) is 0 Å². The van der Waals surface area contributed by atoms with Crippen molar-refractivity contribution in [1.82, 2.24) is 4.98 Å². The smallest absolute Gasteiger partial charge is 0.110 e. The molecule has 0 fully saturated rings. The Labute approximate surface area is 75.0 Å². The van der Waals surface area contributed by atoms with Gasteiger partial charge in [0.25, 0.3) is 0 Å². The molecule has 3 nitrogen and oxygen atoms in total. The number of hydrogen-bond donors (Lipinski definition) is 1. The van der Waals surface area contributed by atoms with Crippen molar-refractivity contribution < 1.29 is 5.21 Å². The topological polar surface area (TPSA) is 45.5 Å². The van der Waals surface area contributed by atoms with Gasteiger partial charge in [0.1, 0.15) is 5.36 Å². The van der Waals surface area contributed by atoms with Crippen molar-refractivity contribution in [3.05, 3.63) is 48.1 Å². The fraction of sp³-hybridized carbons (Fsp3) is 0. The van der Waals surface area contributed by atoms with Gasteiger partial charge in [0.15, 0.2) is 0 Å². The second kappa shape index (κ2) is 3.23. The van der Waals surface area contributed by atoms with Gasteiger partial charge in [-0.3, -0.25) is 4.98 Å². The van der Waals surface area contributed by atoms with Crippen molar-refractivity contribution in [3.8, 4) is 0 Å². The van der Waals surface area contributed by atoms with Crippen LogP contribution in [0.15, 0.2) is 47.9 Å². The van der Waals surface area contributed by atoms with Gasteiger partial charge in [0.2, 0.25) is 0 Å². The highest BCUT2D eigenvalue weighted by Crippen LogP contribution is 2.04. The third-order valence-corrected chi connectivity index (χ3v) is 1.88. The summed E-state index contributed by atoms with van der Waals surface area (Å²) in [5, 5.41) is 14.4. The molecule has 0 unspecified atom stereocenters. The molecule has 0 saturated heterocycles. The number of aromatic nitrogens is 1. The van der Waals surface area contributed by atoms with Crippen LogP contribution in [-0.4, -0.2) is 10.2 Å². The number of nitrogens with zero attached hydrogens (tertiary/aromatic N) is 2. The fourth-order valence-electron chi connectivity index (χ4n) is 1.26. The van der Waals surface area contributed by atoms with Crippen LogP contribution in [0.25, 0.3) is 10.8 Å². The lowest BCUT2D eigenvalue weighted by Gasteiger charge is -1.88. The van der Waals surface area contributed by atoms with Gasteiger partial charge >= 0.3 is 0 Å². The van der Waals surface area contributed by atoms with Crippen LogP contribution in [0.2, 0.25) is 0 Å². The van der Waals surface area contributed by atoms with Crippen LogP contribution in [-0.2, 0) is 0 Å². The van der Waals surface area contributed by atoms with E-state index in [2.05, 4.69) is 10.1 Å². The van der Waals surface area contributed by atoms with Crippen LogP contribution < -0.4 is 5.36 Å². The van der Waals surface area contributed by atoms with E-state index in [1.165, 1.54) is 0 Å². The van der Waals surface area contributed by atoms with Crippen molar-refractivity contribution in [2.24, 2.45) is 5.16 Å². The maximum Gasteiger partial charge on any atom is 0.110 e. The summed E-state index contributed by atoms with van der Waals surface area (Å²) in [6.45, 7) is 0. The van der Waals surface area contributed by atoms with Gasteiger partial charge < -0.3 is 5.21 Å². The first kappa shape index (κ1) is 7.73. The van der Waals surface area contributed by atoms with E-state index in [4.69, 9.17) is 5.21 Å². The third kappa shape index (κ3) is 1.36. The lowest BCUT2D eigenvalue weighted by atomic mass is 10.2. The summed E-state index contributed by atoms with van der Waals surface area (Å²) >= 11 is 0. The number of hydrogen-bond acceptors (Lipinski definition) is 3. The largest absolute Gasteiger partial charge is 0.410 e. The van der Waals surface area contributed by atoms with Gasteiger partial charge in [-0.2, -0.15) is 0 Å². The minimum atomic E-state index is 0.558. The molecular formula is C10H8N2O. The third-order valence-electron chi connectivity index (χ3n) is 1.88. The Morgan fingerprint density at radius 3 is 2.85 bits per heavy atom. The summed E-state index contributed by atoms with van der Waals surface area (Å²) in [7, 11) is 0. The molecule has 0 atom stereocenters. The van der Waals surface area contributed by atoms with E-state index >= 15 is 0 Å². The maximum atomic E-state index is 8.75. The Bertz CT molecular complexity index is 494. The maximum absolute atomic E-state index is 8.75. The van der Waals surface area contributed by atoms with E-state index in [1.54, 1.807) is 18.5 Å². The predicted molar refractivity (Wildman–Crippen MR) is 49.1 cm³/mol. The molecule has 0 aliphatic rings. The number of fused-ring (bicyclic) bond motifs is 1. The van der Waals surface area contributed by atoms with Crippen LogP contribution in [0.5, 0.6) is 0 Å². The van der Waals surface area contributed by atoms with Crippen molar-refractivity contribution in [3.63, 3.8) is 0 Å². The zero-order chi connectivity index (χ0) is 9.10. The lowest BCUT2D eigenvalue weighted by molar-refractivity contribution is 0.303. The molecule has 0 saturated carbocycles. The Kier molecular flexibility index (Phi) is 1.92. The van der Waals surface area contributed by atoms with Crippen molar-refractivity contribution in [2.75, 3.05) is 0 Å². The van der Waals surface area contributed by atoms with Crippen LogP contribution in [0.1, 0.15) is 0 Å². The van der Waals surface area contributed by atoms with Crippen LogP contribution in [0, 0.1) is 0 Å². The molecule has 1 aromatic heterocycles. The van der Waals surface area contributed by atoms with E-state index in [0.29, 0.717) is 5.36 Å². The summed E-state index contributed by atoms with van der Waals surface area (Å²) in [5.41, 5.74) is 0. The van der Waals surface area contributed by atoms with Gasteiger partial charge in [-0.15, -0.1) is 0 Å². The van der Waals surface area contributed by atoms with E-state index in [0.717, 1.165) is 10.8 Å². The molecule has 3 heteroatoms. The molecule has 13 heavy (non-hydrogen) atoms. The molecule has 0 radical (unpaired) electrons. The highest BCUT2D eigenvalue weighted by atomic mass is 16.4. The summed E-state index contributed by atoms with van der Waals surface area (Å²) in [6, 6.07) is 9.22. The zero-order valence-electron chi connectivity index (χ0n) is 6.88. The summed E-state index contributed by atoms with van der Waals surface area (Å²) in [6.07, 6.45) is 3.42. The summed E-state index contributed by atoms with van der Waals surface area (Å²) in [5.74, 6) is 0. The first-order chi connectivity index (χ1) is 6.42. The standard InChI is InChI=1S/C10H8N2O/c13-12-10-4-2-1-3-8-7-11-6-5-9(8)10/h1-7,13H. The van der Waals surface area contributed by atoms with Gasteiger partial charge in [0.05, 0.1) is 0 Å². The first-order valence-electron chi connectivity index (χ1n) is 3.93. The zero-order valence-corrected chi connectivity index (χ0v) is 6.88. The van der Waals surface area contributed by atoms with Crippen molar-refractivity contribution in [1.29, 1.82) is 0 Å². The summed E-state index contributed by atoms with van der Waals surface area (Å²) in [4.78, 5) is 3.99. The molecule has 1 N–H and O–H groups in total. The number of pyridine rings is 1. The molecule has 1 heterocycles. The molecule has 2 rings (SSSR count). The van der Waals surface area contributed by atoms with E-state index in [1.807, 2.05) is 24.3 Å². The number of rotatable bonds is 0. The quantitative estimate of drug-likeness (QED) is 0.483. The van der Waals surface area contributed by atoms with Gasteiger partial charge in [0, 0.05) is 23.2 Å². The Morgan fingerprint density at radius 2 is 2.00 bits per heavy atom. The second-order valence-electron chi connectivity index (χ2n) is 2.67. The summed E-state index contributed by atoms with van der Waals surface area (Å²) < 4.78 is 0. The van der Waals surface area contributed by atoms with E-state index in [-0.39, 0.29) is 0 Å². The van der Waals surface area contributed by atoms with E-state index < -0.39 is 0 Å².